The highest BCUT2D eigenvalue weighted by Crippen LogP contribution is 2.17. The summed E-state index contributed by atoms with van der Waals surface area (Å²) in [5.74, 6) is 0.464. The summed E-state index contributed by atoms with van der Waals surface area (Å²) in [6, 6.07) is 13.9. The minimum atomic E-state index is -3.27. The van der Waals surface area contributed by atoms with E-state index in [0.717, 1.165) is 17.3 Å². The zero-order chi connectivity index (χ0) is 17.3. The SMILES string of the molecule is Cn1c(=O)n(CCOc2cccc(S(C)(=O)=O)c2)c2ccccc21. The maximum Gasteiger partial charge on any atom is 0.328 e. The van der Waals surface area contributed by atoms with E-state index in [9.17, 15) is 13.2 Å². The van der Waals surface area contributed by atoms with Crippen molar-refractivity contribution in [1.29, 1.82) is 0 Å². The molecule has 0 aliphatic rings. The van der Waals surface area contributed by atoms with Gasteiger partial charge in [-0.05, 0) is 30.3 Å². The lowest BCUT2D eigenvalue weighted by molar-refractivity contribution is 0.297. The summed E-state index contributed by atoms with van der Waals surface area (Å²) in [5, 5.41) is 0. The molecular formula is C17H18N2O4S. The number of sulfone groups is 1. The molecule has 6 nitrogen and oxygen atoms in total. The molecule has 0 radical (unpaired) electrons. The average Bonchev–Trinajstić information content (AvgIpc) is 2.80. The number of ether oxygens (including phenoxy) is 1. The Morgan fingerprint density at radius 2 is 1.75 bits per heavy atom. The molecule has 0 aliphatic carbocycles. The number of hydrogen-bond donors (Lipinski definition) is 0. The summed E-state index contributed by atoms with van der Waals surface area (Å²) in [5.41, 5.74) is 1.60. The number of imidazole rings is 1. The lowest BCUT2D eigenvalue weighted by Gasteiger charge is -2.08. The zero-order valence-electron chi connectivity index (χ0n) is 13.5. The minimum absolute atomic E-state index is 0.107. The molecule has 0 unspecified atom stereocenters. The standard InChI is InChI=1S/C17H18N2O4S/c1-18-15-8-3-4-9-16(15)19(17(18)20)10-11-23-13-6-5-7-14(12-13)24(2,21)22/h3-9,12H,10-11H2,1-2H3. The highest BCUT2D eigenvalue weighted by Gasteiger charge is 2.10. The van der Waals surface area contributed by atoms with E-state index < -0.39 is 9.84 Å². The van der Waals surface area contributed by atoms with Gasteiger partial charge in [0.25, 0.3) is 0 Å². The summed E-state index contributed by atoms with van der Waals surface area (Å²) >= 11 is 0. The van der Waals surface area contributed by atoms with Crippen molar-refractivity contribution < 1.29 is 13.2 Å². The number of benzene rings is 2. The first-order valence-electron chi connectivity index (χ1n) is 7.45. The predicted octanol–water partition coefficient (Wildman–Crippen LogP) is 1.82. The molecule has 0 fully saturated rings. The van der Waals surface area contributed by atoms with Crippen molar-refractivity contribution in [3.8, 4) is 5.75 Å². The minimum Gasteiger partial charge on any atom is -0.492 e. The molecule has 24 heavy (non-hydrogen) atoms. The Balaban J connectivity index is 1.79. The van der Waals surface area contributed by atoms with Gasteiger partial charge in [-0.3, -0.25) is 9.13 Å². The lowest BCUT2D eigenvalue weighted by Crippen LogP contribution is -2.24. The third-order valence-electron chi connectivity index (χ3n) is 3.87. The van der Waals surface area contributed by atoms with Gasteiger partial charge in [0.2, 0.25) is 0 Å². The van der Waals surface area contributed by atoms with Gasteiger partial charge in [0, 0.05) is 13.3 Å². The van der Waals surface area contributed by atoms with Gasteiger partial charge in [0.05, 0.1) is 22.5 Å². The molecule has 0 amide bonds. The normalized spacial score (nSPS) is 11.8. The largest absolute Gasteiger partial charge is 0.492 e. The monoisotopic (exact) mass is 346 g/mol. The van der Waals surface area contributed by atoms with E-state index in [4.69, 9.17) is 4.74 Å². The molecule has 1 heterocycles. The number of aryl methyl sites for hydroxylation is 1. The molecule has 7 heteroatoms. The van der Waals surface area contributed by atoms with Crippen molar-refractivity contribution in [2.75, 3.05) is 12.9 Å². The lowest BCUT2D eigenvalue weighted by atomic mass is 10.3. The summed E-state index contributed by atoms with van der Waals surface area (Å²) in [4.78, 5) is 12.5. The van der Waals surface area contributed by atoms with E-state index in [2.05, 4.69) is 0 Å². The number of fused-ring (bicyclic) bond motifs is 1. The van der Waals surface area contributed by atoms with Crippen LogP contribution in [0.25, 0.3) is 11.0 Å². The van der Waals surface area contributed by atoms with Crippen LogP contribution in [-0.2, 0) is 23.4 Å². The van der Waals surface area contributed by atoms with Gasteiger partial charge >= 0.3 is 5.69 Å². The Hall–Kier alpha value is -2.54. The molecule has 3 aromatic rings. The second-order valence-electron chi connectivity index (χ2n) is 5.58. The Labute approximate surface area is 139 Å². The fourth-order valence-corrected chi connectivity index (χ4v) is 3.28. The van der Waals surface area contributed by atoms with E-state index in [-0.39, 0.29) is 17.2 Å². The van der Waals surface area contributed by atoms with E-state index in [1.165, 1.54) is 12.1 Å². The number of rotatable bonds is 5. The van der Waals surface area contributed by atoms with Crippen LogP contribution in [-0.4, -0.2) is 30.4 Å². The Bertz CT molecular complexity index is 1050. The maximum absolute atomic E-state index is 12.3. The molecule has 0 saturated carbocycles. The third-order valence-corrected chi connectivity index (χ3v) is 4.98. The van der Waals surface area contributed by atoms with E-state index in [1.54, 1.807) is 28.3 Å². The van der Waals surface area contributed by atoms with Gasteiger partial charge in [-0.1, -0.05) is 18.2 Å². The van der Waals surface area contributed by atoms with Crippen molar-refractivity contribution in [2.24, 2.45) is 7.05 Å². The Morgan fingerprint density at radius 3 is 2.46 bits per heavy atom. The smallest absolute Gasteiger partial charge is 0.328 e. The molecule has 0 atom stereocenters. The average molecular weight is 346 g/mol. The van der Waals surface area contributed by atoms with Crippen molar-refractivity contribution >= 4 is 20.9 Å². The molecule has 126 valence electrons. The second-order valence-corrected chi connectivity index (χ2v) is 7.59. The Kier molecular flexibility index (Phi) is 4.19. The quantitative estimate of drug-likeness (QED) is 0.707. The van der Waals surface area contributed by atoms with Crippen LogP contribution in [0.1, 0.15) is 0 Å². The first-order chi connectivity index (χ1) is 11.4. The van der Waals surface area contributed by atoms with Gasteiger partial charge in [-0.2, -0.15) is 0 Å². The van der Waals surface area contributed by atoms with Gasteiger partial charge < -0.3 is 4.74 Å². The molecule has 0 aliphatic heterocycles. The maximum atomic E-state index is 12.3. The van der Waals surface area contributed by atoms with Gasteiger partial charge in [-0.25, -0.2) is 13.2 Å². The summed E-state index contributed by atoms with van der Waals surface area (Å²) in [7, 11) is -1.54. The molecule has 0 saturated heterocycles. The van der Waals surface area contributed by atoms with Crippen molar-refractivity contribution in [2.45, 2.75) is 11.4 Å². The van der Waals surface area contributed by atoms with Crippen LogP contribution in [0.15, 0.2) is 58.2 Å². The number of para-hydroxylation sites is 2. The first-order valence-corrected chi connectivity index (χ1v) is 9.34. The number of nitrogens with zero attached hydrogens (tertiary/aromatic N) is 2. The summed E-state index contributed by atoms with van der Waals surface area (Å²) in [6.45, 7) is 0.643. The Morgan fingerprint density at radius 1 is 1.04 bits per heavy atom. The molecule has 0 N–H and O–H groups in total. The van der Waals surface area contributed by atoms with Gasteiger partial charge in [0.15, 0.2) is 9.84 Å². The van der Waals surface area contributed by atoms with Gasteiger partial charge in [0.1, 0.15) is 12.4 Å². The molecule has 1 aromatic heterocycles. The van der Waals surface area contributed by atoms with Crippen LogP contribution in [0, 0.1) is 0 Å². The van der Waals surface area contributed by atoms with Crippen LogP contribution < -0.4 is 10.4 Å². The fourth-order valence-electron chi connectivity index (χ4n) is 2.63. The topological polar surface area (TPSA) is 70.3 Å². The van der Waals surface area contributed by atoms with E-state index >= 15 is 0 Å². The van der Waals surface area contributed by atoms with Crippen molar-refractivity contribution in [1.82, 2.24) is 9.13 Å². The van der Waals surface area contributed by atoms with Crippen LogP contribution in [0.2, 0.25) is 0 Å². The molecule has 2 aromatic carbocycles. The molecule has 0 spiro atoms. The summed E-state index contributed by atoms with van der Waals surface area (Å²) < 4.78 is 32.0. The van der Waals surface area contributed by atoms with Crippen LogP contribution in [0.4, 0.5) is 0 Å². The van der Waals surface area contributed by atoms with Gasteiger partial charge in [-0.15, -0.1) is 0 Å². The highest BCUT2D eigenvalue weighted by atomic mass is 32.2. The predicted molar refractivity (Wildman–Crippen MR) is 92.2 cm³/mol. The van der Waals surface area contributed by atoms with Crippen LogP contribution in [0.3, 0.4) is 0 Å². The molecule has 3 rings (SSSR count). The van der Waals surface area contributed by atoms with E-state index in [1.807, 2.05) is 24.3 Å². The molecule has 0 bridgehead atoms. The second kappa shape index (κ2) is 6.16. The van der Waals surface area contributed by atoms with Crippen molar-refractivity contribution in [3.05, 3.63) is 59.0 Å². The van der Waals surface area contributed by atoms with Crippen LogP contribution >= 0.6 is 0 Å². The molecular weight excluding hydrogens is 328 g/mol. The highest BCUT2D eigenvalue weighted by molar-refractivity contribution is 7.90. The number of aromatic nitrogens is 2. The first kappa shape index (κ1) is 16.3. The third kappa shape index (κ3) is 3.07. The van der Waals surface area contributed by atoms with E-state index in [0.29, 0.717) is 12.3 Å². The zero-order valence-corrected chi connectivity index (χ0v) is 14.3. The van der Waals surface area contributed by atoms with Crippen molar-refractivity contribution in [3.63, 3.8) is 0 Å². The number of hydrogen-bond acceptors (Lipinski definition) is 4. The van der Waals surface area contributed by atoms with Crippen LogP contribution in [0.5, 0.6) is 5.75 Å². The summed E-state index contributed by atoms with van der Waals surface area (Å²) in [6.07, 6.45) is 1.15. The fraction of sp³-hybridized carbons (Fsp3) is 0.235.